The number of nitrogens with zero attached hydrogens (tertiary/aromatic N) is 1. The molecular weight excluding hydrogens is 218 g/mol. The van der Waals surface area contributed by atoms with Crippen LogP contribution in [0.1, 0.15) is 40.0 Å². The average molecular weight is 229 g/mol. The molecule has 0 aliphatic heterocycles. The molecule has 0 N–H and O–H groups in total. The lowest BCUT2D eigenvalue weighted by molar-refractivity contribution is 0.603. The lowest BCUT2D eigenvalue weighted by Gasteiger charge is -2.15. The number of rotatable bonds is 0. The fraction of sp³-hybridized carbons (Fsp3) is 0.235. The minimum Gasteiger partial charge on any atom is -0.198 e. The third-order valence-corrected chi connectivity index (χ3v) is 5.21. The van der Waals surface area contributed by atoms with Gasteiger partial charge in [0.25, 0.3) is 0 Å². The summed E-state index contributed by atoms with van der Waals surface area (Å²) < 4.78 is 0. The Morgan fingerprint density at radius 2 is 1.22 bits per heavy atom. The molecule has 0 amide bonds. The van der Waals surface area contributed by atoms with Crippen LogP contribution in [-0.4, -0.2) is 0 Å². The van der Waals surface area contributed by atoms with Gasteiger partial charge in [-0.05, 0) is 22.3 Å². The van der Waals surface area contributed by atoms with Crippen molar-refractivity contribution in [2.45, 2.75) is 17.8 Å². The molecule has 3 aliphatic carbocycles. The van der Waals surface area contributed by atoms with Crippen molar-refractivity contribution in [1.82, 2.24) is 0 Å². The lowest BCUT2D eigenvalue weighted by Crippen LogP contribution is -2.07. The van der Waals surface area contributed by atoms with Crippen LogP contribution in [-0.2, 0) is 0 Å². The van der Waals surface area contributed by atoms with Crippen molar-refractivity contribution < 1.29 is 0 Å². The van der Waals surface area contributed by atoms with Crippen molar-refractivity contribution in [1.29, 1.82) is 5.26 Å². The highest BCUT2D eigenvalue weighted by atomic mass is 14.8. The molecule has 1 nitrogen and oxygen atoms in total. The predicted molar refractivity (Wildman–Crippen MR) is 68.3 cm³/mol. The zero-order valence-corrected chi connectivity index (χ0v) is 9.80. The molecule has 0 heterocycles. The Hall–Kier alpha value is -2.07. The van der Waals surface area contributed by atoms with Gasteiger partial charge in [-0.25, -0.2) is 0 Å². The van der Waals surface area contributed by atoms with Crippen molar-refractivity contribution in [2.24, 2.45) is 5.41 Å². The van der Waals surface area contributed by atoms with Crippen LogP contribution >= 0.6 is 0 Å². The van der Waals surface area contributed by atoms with E-state index < -0.39 is 0 Å². The smallest absolute Gasteiger partial charge is 0.0832 e. The average Bonchev–Trinajstić information content (AvgIpc) is 2.93. The Balaban J connectivity index is 1.90. The van der Waals surface area contributed by atoms with E-state index in [0.717, 1.165) is 0 Å². The summed E-state index contributed by atoms with van der Waals surface area (Å²) in [4.78, 5) is 0. The Bertz CT molecular complexity index is 684. The third kappa shape index (κ3) is 0.671. The maximum atomic E-state index is 9.74. The van der Waals surface area contributed by atoms with E-state index in [1.165, 1.54) is 22.3 Å². The van der Waals surface area contributed by atoms with E-state index in [-0.39, 0.29) is 5.41 Å². The summed E-state index contributed by atoms with van der Waals surface area (Å²) in [6.45, 7) is 0. The first-order valence-corrected chi connectivity index (χ1v) is 6.48. The Morgan fingerprint density at radius 1 is 0.778 bits per heavy atom. The molecule has 0 aromatic heterocycles. The van der Waals surface area contributed by atoms with E-state index in [2.05, 4.69) is 54.6 Å². The maximum Gasteiger partial charge on any atom is 0.0832 e. The number of benzene rings is 2. The zero-order chi connectivity index (χ0) is 11.9. The normalized spacial score (nSPS) is 36.5. The minimum atomic E-state index is -0.145. The van der Waals surface area contributed by atoms with E-state index >= 15 is 0 Å². The largest absolute Gasteiger partial charge is 0.198 e. The van der Waals surface area contributed by atoms with Crippen LogP contribution in [0.4, 0.5) is 0 Å². The van der Waals surface area contributed by atoms with Gasteiger partial charge in [0, 0.05) is 17.8 Å². The highest BCUT2D eigenvalue weighted by molar-refractivity contribution is 5.70. The highest BCUT2D eigenvalue weighted by Crippen LogP contribution is 2.85. The lowest BCUT2D eigenvalue weighted by atomic mass is 9.86. The first-order chi connectivity index (χ1) is 8.89. The molecule has 18 heavy (non-hydrogen) atoms. The van der Waals surface area contributed by atoms with Crippen molar-refractivity contribution in [3.8, 4) is 6.07 Å². The fourth-order valence-corrected chi connectivity index (χ4v) is 4.64. The molecule has 0 bridgehead atoms. The van der Waals surface area contributed by atoms with Crippen LogP contribution in [0.5, 0.6) is 0 Å². The van der Waals surface area contributed by atoms with Crippen LogP contribution < -0.4 is 0 Å². The monoisotopic (exact) mass is 229 g/mol. The van der Waals surface area contributed by atoms with E-state index in [4.69, 9.17) is 0 Å². The van der Waals surface area contributed by atoms with Gasteiger partial charge in [-0.15, -0.1) is 0 Å². The van der Waals surface area contributed by atoms with Crippen molar-refractivity contribution in [3.05, 3.63) is 70.8 Å². The summed E-state index contributed by atoms with van der Waals surface area (Å²) in [5, 5.41) is 9.74. The molecule has 0 spiro atoms. The van der Waals surface area contributed by atoms with Gasteiger partial charge in [-0.1, -0.05) is 48.5 Å². The fourth-order valence-electron chi connectivity index (χ4n) is 4.64. The van der Waals surface area contributed by atoms with Crippen LogP contribution in [0.3, 0.4) is 0 Å². The van der Waals surface area contributed by atoms with E-state index in [1.54, 1.807) is 0 Å². The second-order valence-corrected chi connectivity index (χ2v) is 5.69. The predicted octanol–water partition coefficient (Wildman–Crippen LogP) is 3.54. The van der Waals surface area contributed by atoms with Gasteiger partial charge in [0.2, 0.25) is 0 Å². The number of hydrogen-bond donors (Lipinski definition) is 0. The first-order valence-electron chi connectivity index (χ1n) is 6.48. The number of fused-ring (bicyclic) bond motifs is 7. The summed E-state index contributed by atoms with van der Waals surface area (Å²) in [6, 6.07) is 20.0. The van der Waals surface area contributed by atoms with Gasteiger partial charge in [-0.3, -0.25) is 0 Å². The van der Waals surface area contributed by atoms with Gasteiger partial charge in [0.1, 0.15) is 0 Å². The van der Waals surface area contributed by atoms with Crippen LogP contribution in [0.15, 0.2) is 48.5 Å². The minimum absolute atomic E-state index is 0.145. The number of hydrogen-bond acceptors (Lipinski definition) is 1. The molecule has 2 unspecified atom stereocenters. The molecule has 1 fully saturated rings. The Labute approximate surface area is 106 Å². The van der Waals surface area contributed by atoms with Gasteiger partial charge in [-0.2, -0.15) is 5.26 Å². The number of nitriles is 1. The van der Waals surface area contributed by atoms with Crippen molar-refractivity contribution >= 4 is 0 Å². The molecule has 3 aliphatic rings. The standard InChI is InChI=1S/C17H11N/c18-9-17-14-10-5-1-3-7-12(10)15(17)16(17)13-8-4-2-6-11(13)14/h1-8,14-16H/t14?,15-,16+,17?. The summed E-state index contributed by atoms with van der Waals surface area (Å²) in [7, 11) is 0. The molecule has 4 atom stereocenters. The van der Waals surface area contributed by atoms with Crippen LogP contribution in [0.25, 0.3) is 0 Å². The third-order valence-electron chi connectivity index (χ3n) is 5.21. The first kappa shape index (κ1) is 8.94. The van der Waals surface area contributed by atoms with Gasteiger partial charge in [0.15, 0.2) is 0 Å². The molecule has 0 radical (unpaired) electrons. The van der Waals surface area contributed by atoms with Crippen LogP contribution in [0.2, 0.25) is 0 Å². The van der Waals surface area contributed by atoms with Gasteiger partial charge >= 0.3 is 0 Å². The summed E-state index contributed by atoms with van der Waals surface area (Å²) in [6.07, 6.45) is 0. The molecule has 1 saturated carbocycles. The topological polar surface area (TPSA) is 23.8 Å². The van der Waals surface area contributed by atoms with Crippen molar-refractivity contribution in [2.75, 3.05) is 0 Å². The molecule has 1 heteroatoms. The Kier molecular flexibility index (Phi) is 1.25. The molecule has 0 saturated heterocycles. The van der Waals surface area contributed by atoms with Crippen LogP contribution in [0, 0.1) is 16.7 Å². The quantitative estimate of drug-likeness (QED) is 0.678. The SMILES string of the molecule is N#CC12C3c4ccccc4[C@@H]1[C@@H]2c1ccccc13. The zero-order valence-electron chi connectivity index (χ0n) is 9.80. The maximum absolute atomic E-state index is 9.74. The second kappa shape index (κ2) is 2.52. The summed E-state index contributed by atoms with van der Waals surface area (Å²) >= 11 is 0. The molecule has 2 aromatic carbocycles. The summed E-state index contributed by atoms with van der Waals surface area (Å²) in [5.41, 5.74) is 5.49. The van der Waals surface area contributed by atoms with Gasteiger partial charge < -0.3 is 0 Å². The van der Waals surface area contributed by atoms with E-state index in [1.807, 2.05) is 0 Å². The van der Waals surface area contributed by atoms with Gasteiger partial charge in [0.05, 0.1) is 11.5 Å². The molecular formula is C17H11N. The molecule has 84 valence electrons. The second-order valence-electron chi connectivity index (χ2n) is 5.69. The highest BCUT2D eigenvalue weighted by Gasteiger charge is 2.78. The Morgan fingerprint density at radius 3 is 1.67 bits per heavy atom. The molecule has 2 aromatic rings. The molecule has 5 rings (SSSR count). The summed E-state index contributed by atoms with van der Waals surface area (Å²) in [5.74, 6) is 1.24. The van der Waals surface area contributed by atoms with E-state index in [0.29, 0.717) is 17.8 Å². The van der Waals surface area contributed by atoms with E-state index in [9.17, 15) is 5.26 Å². The van der Waals surface area contributed by atoms with Crippen molar-refractivity contribution in [3.63, 3.8) is 0 Å².